The van der Waals surface area contributed by atoms with Crippen LogP contribution in [0.4, 0.5) is 0 Å². The minimum Gasteiger partial charge on any atom is -0.354 e. The van der Waals surface area contributed by atoms with Gasteiger partial charge in [0.05, 0.1) is 5.75 Å². The standard InChI is InChI=1S/C10H21ClN2O3S/c1-9(2)13-10(14)5-7-12-17(15,16)8-4-3-6-11/h9,12H,3-8H2,1-2H3,(H,13,14). The van der Waals surface area contributed by atoms with Crippen LogP contribution in [0.25, 0.3) is 0 Å². The number of hydrogen-bond donors (Lipinski definition) is 2. The fourth-order valence-corrected chi connectivity index (χ4v) is 2.50. The van der Waals surface area contributed by atoms with Crippen LogP contribution in [-0.4, -0.2) is 38.5 Å². The van der Waals surface area contributed by atoms with Gasteiger partial charge in [-0.05, 0) is 26.7 Å². The lowest BCUT2D eigenvalue weighted by Gasteiger charge is -2.09. The van der Waals surface area contributed by atoms with Crippen LogP contribution in [0.1, 0.15) is 33.1 Å². The van der Waals surface area contributed by atoms with Crippen molar-refractivity contribution in [2.24, 2.45) is 0 Å². The summed E-state index contributed by atoms with van der Waals surface area (Å²) in [6.07, 6.45) is 1.38. The summed E-state index contributed by atoms with van der Waals surface area (Å²) < 4.78 is 25.2. The molecule has 7 heteroatoms. The van der Waals surface area contributed by atoms with E-state index in [1.807, 2.05) is 13.8 Å². The van der Waals surface area contributed by atoms with Crippen molar-refractivity contribution < 1.29 is 13.2 Å². The van der Waals surface area contributed by atoms with Gasteiger partial charge in [-0.1, -0.05) is 0 Å². The second-order valence-electron chi connectivity index (χ2n) is 4.08. The smallest absolute Gasteiger partial charge is 0.221 e. The average Bonchev–Trinajstić information content (AvgIpc) is 2.16. The molecule has 0 unspecified atom stereocenters. The molecule has 17 heavy (non-hydrogen) atoms. The number of carbonyl (C=O) groups excluding carboxylic acids is 1. The van der Waals surface area contributed by atoms with Gasteiger partial charge in [0, 0.05) is 24.9 Å². The first kappa shape index (κ1) is 16.7. The first-order valence-corrected chi connectivity index (χ1v) is 7.88. The molecule has 102 valence electrons. The summed E-state index contributed by atoms with van der Waals surface area (Å²) in [5.41, 5.74) is 0. The van der Waals surface area contributed by atoms with Crippen molar-refractivity contribution in [3.8, 4) is 0 Å². The van der Waals surface area contributed by atoms with Crippen molar-refractivity contribution in [1.82, 2.24) is 10.0 Å². The van der Waals surface area contributed by atoms with Gasteiger partial charge in [-0.25, -0.2) is 13.1 Å². The van der Waals surface area contributed by atoms with E-state index in [9.17, 15) is 13.2 Å². The number of rotatable bonds is 9. The minimum atomic E-state index is -3.27. The van der Waals surface area contributed by atoms with Crippen molar-refractivity contribution in [1.29, 1.82) is 0 Å². The van der Waals surface area contributed by atoms with Crippen LogP contribution in [0.5, 0.6) is 0 Å². The lowest BCUT2D eigenvalue weighted by atomic mass is 10.3. The highest BCUT2D eigenvalue weighted by Crippen LogP contribution is 1.96. The third kappa shape index (κ3) is 10.5. The zero-order valence-electron chi connectivity index (χ0n) is 10.3. The number of carbonyl (C=O) groups is 1. The van der Waals surface area contributed by atoms with E-state index >= 15 is 0 Å². The first-order valence-electron chi connectivity index (χ1n) is 5.70. The maximum atomic E-state index is 11.4. The molecule has 0 radical (unpaired) electrons. The van der Waals surface area contributed by atoms with E-state index in [-0.39, 0.29) is 30.7 Å². The molecule has 0 saturated heterocycles. The Bertz CT molecular complexity index is 318. The Morgan fingerprint density at radius 2 is 1.94 bits per heavy atom. The van der Waals surface area contributed by atoms with Gasteiger partial charge in [-0.15, -0.1) is 11.6 Å². The normalized spacial score (nSPS) is 11.8. The second kappa shape index (κ2) is 8.72. The Hall–Kier alpha value is -0.330. The van der Waals surface area contributed by atoms with Crippen molar-refractivity contribution >= 4 is 27.5 Å². The lowest BCUT2D eigenvalue weighted by Crippen LogP contribution is -2.34. The Morgan fingerprint density at radius 3 is 2.47 bits per heavy atom. The summed E-state index contributed by atoms with van der Waals surface area (Å²) in [7, 11) is -3.27. The zero-order chi connectivity index (χ0) is 13.3. The van der Waals surface area contributed by atoms with E-state index in [2.05, 4.69) is 10.0 Å². The Labute approximate surface area is 108 Å². The summed E-state index contributed by atoms with van der Waals surface area (Å²) >= 11 is 5.46. The van der Waals surface area contributed by atoms with Crippen molar-refractivity contribution in [3.05, 3.63) is 0 Å². The van der Waals surface area contributed by atoms with Gasteiger partial charge in [0.25, 0.3) is 0 Å². The quantitative estimate of drug-likeness (QED) is 0.487. The van der Waals surface area contributed by atoms with E-state index in [1.165, 1.54) is 0 Å². The molecule has 0 fully saturated rings. The van der Waals surface area contributed by atoms with E-state index in [1.54, 1.807) is 0 Å². The van der Waals surface area contributed by atoms with E-state index in [0.717, 1.165) is 0 Å². The van der Waals surface area contributed by atoms with E-state index in [4.69, 9.17) is 11.6 Å². The summed E-state index contributed by atoms with van der Waals surface area (Å²) in [4.78, 5) is 11.2. The summed E-state index contributed by atoms with van der Waals surface area (Å²) in [5.74, 6) is 0.376. The van der Waals surface area contributed by atoms with Gasteiger partial charge < -0.3 is 5.32 Å². The number of nitrogens with one attached hydrogen (secondary N) is 2. The van der Waals surface area contributed by atoms with Crippen LogP contribution in [0.2, 0.25) is 0 Å². The highest BCUT2D eigenvalue weighted by atomic mass is 35.5. The minimum absolute atomic E-state index is 0.0610. The fraction of sp³-hybridized carbons (Fsp3) is 0.900. The monoisotopic (exact) mass is 284 g/mol. The SMILES string of the molecule is CC(C)NC(=O)CCNS(=O)(=O)CCCCCl. The molecule has 0 bridgehead atoms. The van der Waals surface area contributed by atoms with Crippen LogP contribution >= 0.6 is 11.6 Å². The van der Waals surface area contributed by atoms with E-state index in [0.29, 0.717) is 18.7 Å². The molecule has 0 aliphatic rings. The van der Waals surface area contributed by atoms with Crippen LogP contribution in [-0.2, 0) is 14.8 Å². The van der Waals surface area contributed by atoms with Gasteiger partial charge >= 0.3 is 0 Å². The highest BCUT2D eigenvalue weighted by Gasteiger charge is 2.10. The molecule has 5 nitrogen and oxygen atoms in total. The highest BCUT2D eigenvalue weighted by molar-refractivity contribution is 7.89. The number of halogens is 1. The largest absolute Gasteiger partial charge is 0.354 e. The summed E-state index contributed by atoms with van der Waals surface area (Å²) in [6, 6.07) is 0.0721. The molecule has 0 saturated carbocycles. The van der Waals surface area contributed by atoms with Crippen LogP contribution in [0.3, 0.4) is 0 Å². The molecule has 0 aliphatic carbocycles. The van der Waals surface area contributed by atoms with Gasteiger partial charge in [0.15, 0.2) is 0 Å². The number of sulfonamides is 1. The van der Waals surface area contributed by atoms with Crippen LogP contribution in [0.15, 0.2) is 0 Å². The molecule has 0 spiro atoms. The van der Waals surface area contributed by atoms with Gasteiger partial charge in [0.1, 0.15) is 0 Å². The summed E-state index contributed by atoms with van der Waals surface area (Å²) in [6.45, 7) is 3.85. The molecule has 0 aromatic carbocycles. The second-order valence-corrected chi connectivity index (χ2v) is 6.39. The third-order valence-electron chi connectivity index (χ3n) is 1.92. The molecular formula is C10H21ClN2O3S. The van der Waals surface area contributed by atoms with Crippen LogP contribution < -0.4 is 10.0 Å². The fourth-order valence-electron chi connectivity index (χ4n) is 1.17. The maximum absolute atomic E-state index is 11.4. The molecular weight excluding hydrogens is 264 g/mol. The lowest BCUT2D eigenvalue weighted by molar-refractivity contribution is -0.121. The predicted molar refractivity (Wildman–Crippen MR) is 69.6 cm³/mol. The number of hydrogen-bond acceptors (Lipinski definition) is 3. The molecule has 0 rings (SSSR count). The summed E-state index contributed by atoms with van der Waals surface area (Å²) in [5, 5.41) is 2.69. The zero-order valence-corrected chi connectivity index (χ0v) is 11.9. The van der Waals surface area contributed by atoms with Crippen molar-refractivity contribution in [2.45, 2.75) is 39.2 Å². The molecule has 0 aromatic rings. The number of alkyl halides is 1. The van der Waals surface area contributed by atoms with Crippen molar-refractivity contribution in [2.75, 3.05) is 18.2 Å². The van der Waals surface area contributed by atoms with Gasteiger partial charge in [0.2, 0.25) is 15.9 Å². The van der Waals surface area contributed by atoms with E-state index < -0.39 is 10.0 Å². The van der Waals surface area contributed by atoms with Gasteiger partial charge in [-0.3, -0.25) is 4.79 Å². The average molecular weight is 285 g/mol. The van der Waals surface area contributed by atoms with Crippen LogP contribution in [0, 0.1) is 0 Å². The predicted octanol–water partition coefficient (Wildman–Crippen LogP) is 0.839. The number of unbranched alkanes of at least 4 members (excludes halogenated alkanes) is 1. The Kier molecular flexibility index (Phi) is 8.55. The molecule has 1 amide bonds. The Balaban J connectivity index is 3.75. The molecule has 0 heterocycles. The topological polar surface area (TPSA) is 75.3 Å². The molecule has 2 N–H and O–H groups in total. The third-order valence-corrected chi connectivity index (χ3v) is 3.66. The molecule has 0 aromatic heterocycles. The Morgan fingerprint density at radius 1 is 1.29 bits per heavy atom. The maximum Gasteiger partial charge on any atom is 0.221 e. The van der Waals surface area contributed by atoms with Crippen molar-refractivity contribution in [3.63, 3.8) is 0 Å². The molecule has 0 aliphatic heterocycles. The number of amides is 1. The van der Waals surface area contributed by atoms with Gasteiger partial charge in [-0.2, -0.15) is 0 Å². The molecule has 0 atom stereocenters. The first-order chi connectivity index (χ1) is 7.87.